The molecule has 2 aromatic heterocycles. The van der Waals surface area contributed by atoms with Crippen LogP contribution in [0.15, 0.2) is 48.1 Å². The van der Waals surface area contributed by atoms with Crippen LogP contribution < -0.4 is 10.5 Å². The molecule has 0 atom stereocenters. The van der Waals surface area contributed by atoms with Crippen LogP contribution in [-0.2, 0) is 0 Å². The first-order chi connectivity index (χ1) is 12.8. The molecule has 0 bridgehead atoms. The summed E-state index contributed by atoms with van der Waals surface area (Å²) in [6, 6.07) is 6.13. The number of hydrogen-bond acceptors (Lipinski definition) is 4. The highest BCUT2D eigenvalue weighted by atomic mass is 32.1. The Labute approximate surface area is 165 Å². The van der Waals surface area contributed by atoms with Crippen molar-refractivity contribution in [1.29, 1.82) is 0 Å². The van der Waals surface area contributed by atoms with E-state index in [2.05, 4.69) is 42.4 Å². The molecule has 0 N–H and O–H groups in total. The highest BCUT2D eigenvalue weighted by Gasteiger charge is 2.15. The first-order valence-electron chi connectivity index (χ1n) is 9.23. The summed E-state index contributed by atoms with van der Waals surface area (Å²) in [5.41, 5.74) is 2.89. The van der Waals surface area contributed by atoms with Crippen molar-refractivity contribution in [2.24, 2.45) is 5.92 Å². The van der Waals surface area contributed by atoms with Crippen LogP contribution in [0.3, 0.4) is 0 Å². The van der Waals surface area contributed by atoms with Gasteiger partial charge in [0, 0.05) is 35.6 Å². The van der Waals surface area contributed by atoms with E-state index in [1.807, 2.05) is 46.2 Å². The molecule has 0 unspecified atom stereocenters. The van der Waals surface area contributed by atoms with E-state index in [0.717, 1.165) is 38.1 Å². The number of fused-ring (bicyclic) bond motifs is 3. The molecule has 0 spiro atoms. The summed E-state index contributed by atoms with van der Waals surface area (Å²) in [4.78, 5) is 19.5. The molecule has 4 nitrogen and oxygen atoms in total. The van der Waals surface area contributed by atoms with Crippen LogP contribution >= 0.6 is 11.3 Å². The van der Waals surface area contributed by atoms with Crippen molar-refractivity contribution in [2.45, 2.75) is 34.1 Å². The van der Waals surface area contributed by atoms with E-state index in [1.165, 1.54) is 11.3 Å². The molecule has 0 saturated carbocycles. The largest absolute Gasteiger partial charge is 0.377 e. The molecule has 2 heterocycles. The standard InChI is InChI=1S/C17H19N3OS.C5H10/c1-5-11(6-2)20-10-18-15-14-12(19(3)4)8-7-9-13(14)22-16(15)17(20)21;1-4-5(2)3/h5,7-10H,6H2,1-4H3;4-5H,1H2,2-3H3/b11-5+;. The van der Waals surface area contributed by atoms with E-state index in [4.69, 9.17) is 0 Å². The maximum Gasteiger partial charge on any atom is 0.275 e. The molecule has 0 fully saturated rings. The molecule has 0 saturated heterocycles. The fourth-order valence-electron chi connectivity index (χ4n) is 2.75. The van der Waals surface area contributed by atoms with Gasteiger partial charge in [0.2, 0.25) is 0 Å². The Morgan fingerprint density at radius 3 is 2.56 bits per heavy atom. The number of allylic oxidation sites excluding steroid dienone is 3. The van der Waals surface area contributed by atoms with Gasteiger partial charge >= 0.3 is 0 Å². The van der Waals surface area contributed by atoms with E-state index in [0.29, 0.717) is 5.92 Å². The summed E-state index contributed by atoms with van der Waals surface area (Å²) in [5, 5.41) is 1.07. The Hall–Kier alpha value is -2.40. The second kappa shape index (κ2) is 9.00. The summed E-state index contributed by atoms with van der Waals surface area (Å²) in [5.74, 6) is 0.648. The summed E-state index contributed by atoms with van der Waals surface area (Å²) in [6.45, 7) is 11.8. The molecule has 0 radical (unpaired) electrons. The topological polar surface area (TPSA) is 38.1 Å². The summed E-state index contributed by atoms with van der Waals surface area (Å²) in [7, 11) is 4.02. The maximum atomic E-state index is 12.8. The van der Waals surface area contributed by atoms with E-state index >= 15 is 0 Å². The monoisotopic (exact) mass is 383 g/mol. The van der Waals surface area contributed by atoms with Crippen molar-refractivity contribution in [1.82, 2.24) is 9.55 Å². The van der Waals surface area contributed by atoms with E-state index < -0.39 is 0 Å². The van der Waals surface area contributed by atoms with Crippen molar-refractivity contribution < 1.29 is 0 Å². The Kier molecular flexibility index (Phi) is 6.97. The van der Waals surface area contributed by atoms with Gasteiger partial charge in [0.25, 0.3) is 5.56 Å². The fourth-order valence-corrected chi connectivity index (χ4v) is 3.86. The number of hydrogen-bond donors (Lipinski definition) is 0. The second-order valence-corrected chi connectivity index (χ2v) is 7.91. The minimum Gasteiger partial charge on any atom is -0.377 e. The molecule has 0 aliphatic carbocycles. The molecule has 3 rings (SSSR count). The lowest BCUT2D eigenvalue weighted by Crippen LogP contribution is -2.18. The van der Waals surface area contributed by atoms with Crippen molar-refractivity contribution in [3.63, 3.8) is 0 Å². The average Bonchev–Trinajstić information content (AvgIpc) is 3.04. The smallest absolute Gasteiger partial charge is 0.275 e. The van der Waals surface area contributed by atoms with Gasteiger partial charge in [0.1, 0.15) is 11.0 Å². The lowest BCUT2D eigenvalue weighted by atomic mass is 10.2. The van der Waals surface area contributed by atoms with Gasteiger partial charge in [-0.05, 0) is 31.4 Å². The predicted molar refractivity (Wildman–Crippen MR) is 121 cm³/mol. The van der Waals surface area contributed by atoms with Gasteiger partial charge in [-0.1, -0.05) is 39.0 Å². The van der Waals surface area contributed by atoms with E-state index in [-0.39, 0.29) is 5.56 Å². The van der Waals surface area contributed by atoms with Gasteiger partial charge in [0.05, 0.1) is 5.52 Å². The van der Waals surface area contributed by atoms with Gasteiger partial charge in [-0.25, -0.2) is 4.98 Å². The molecule has 0 amide bonds. The quantitative estimate of drug-likeness (QED) is 0.536. The van der Waals surface area contributed by atoms with Gasteiger partial charge in [-0.15, -0.1) is 17.9 Å². The van der Waals surface area contributed by atoms with Crippen molar-refractivity contribution in [3.05, 3.63) is 53.6 Å². The predicted octanol–water partition coefficient (Wildman–Crippen LogP) is 5.78. The summed E-state index contributed by atoms with van der Waals surface area (Å²) >= 11 is 1.52. The molecule has 5 heteroatoms. The third kappa shape index (κ3) is 4.30. The average molecular weight is 384 g/mol. The molecule has 27 heavy (non-hydrogen) atoms. The lowest BCUT2D eigenvalue weighted by molar-refractivity contribution is 0.835. The normalized spacial score (nSPS) is 11.6. The first kappa shape index (κ1) is 20.9. The molecule has 0 aliphatic rings. The Balaban J connectivity index is 0.000000465. The van der Waals surface area contributed by atoms with Crippen LogP contribution in [0.2, 0.25) is 0 Å². The third-order valence-corrected chi connectivity index (χ3v) is 5.47. The molecule has 1 aromatic carbocycles. The number of thiophene rings is 1. The molecular weight excluding hydrogens is 354 g/mol. The number of anilines is 1. The van der Waals surface area contributed by atoms with Gasteiger partial charge in [-0.3, -0.25) is 9.36 Å². The van der Waals surface area contributed by atoms with Crippen LogP contribution in [0.25, 0.3) is 26.0 Å². The lowest BCUT2D eigenvalue weighted by Gasteiger charge is -2.13. The molecular formula is C22H29N3OS. The van der Waals surface area contributed by atoms with E-state index in [1.54, 1.807) is 10.9 Å². The van der Waals surface area contributed by atoms with Gasteiger partial charge in [0.15, 0.2) is 0 Å². The Morgan fingerprint density at radius 2 is 2.04 bits per heavy atom. The van der Waals surface area contributed by atoms with Crippen molar-refractivity contribution >= 4 is 43.0 Å². The van der Waals surface area contributed by atoms with Crippen molar-refractivity contribution in [3.8, 4) is 0 Å². The third-order valence-electron chi connectivity index (χ3n) is 4.34. The number of nitrogens with zero attached hydrogens (tertiary/aromatic N) is 3. The number of rotatable bonds is 4. The Bertz CT molecular complexity index is 1030. The minimum absolute atomic E-state index is 0.0193. The van der Waals surface area contributed by atoms with Crippen LogP contribution in [0, 0.1) is 5.92 Å². The SMILES string of the molecule is C/C=C(\CC)n1cnc2c(sc3cccc(N(C)C)c32)c1=O.C=CC(C)C. The molecule has 3 aromatic rings. The molecule has 144 valence electrons. The zero-order valence-electron chi connectivity index (χ0n) is 17.1. The minimum atomic E-state index is 0.0193. The highest BCUT2D eigenvalue weighted by Crippen LogP contribution is 2.36. The Morgan fingerprint density at radius 1 is 1.37 bits per heavy atom. The number of aromatic nitrogens is 2. The highest BCUT2D eigenvalue weighted by molar-refractivity contribution is 7.25. The zero-order valence-corrected chi connectivity index (χ0v) is 17.9. The van der Waals surface area contributed by atoms with E-state index in [9.17, 15) is 4.79 Å². The fraction of sp³-hybridized carbons (Fsp3) is 0.364. The molecule has 0 aliphatic heterocycles. The van der Waals surface area contributed by atoms with Gasteiger partial charge in [-0.2, -0.15) is 0 Å². The summed E-state index contributed by atoms with van der Waals surface area (Å²) < 4.78 is 3.48. The maximum absolute atomic E-state index is 12.8. The van der Waals surface area contributed by atoms with Crippen LogP contribution in [-0.4, -0.2) is 23.6 Å². The summed E-state index contributed by atoms with van der Waals surface area (Å²) in [6.07, 6.45) is 6.34. The zero-order chi connectivity index (χ0) is 20.1. The first-order valence-corrected chi connectivity index (χ1v) is 10.1. The number of benzene rings is 1. The second-order valence-electron chi connectivity index (χ2n) is 6.86. The van der Waals surface area contributed by atoms with Crippen LogP contribution in [0.5, 0.6) is 0 Å². The van der Waals surface area contributed by atoms with Crippen LogP contribution in [0.1, 0.15) is 34.1 Å². The van der Waals surface area contributed by atoms with Crippen LogP contribution in [0.4, 0.5) is 5.69 Å². The van der Waals surface area contributed by atoms with Gasteiger partial charge < -0.3 is 4.90 Å². The van der Waals surface area contributed by atoms with Crippen molar-refractivity contribution in [2.75, 3.05) is 19.0 Å².